The van der Waals surface area contributed by atoms with Gasteiger partial charge in [0.15, 0.2) is 0 Å². The molecule has 2 aromatic carbocycles. The van der Waals surface area contributed by atoms with E-state index in [2.05, 4.69) is 81.0 Å². The first-order valence-corrected chi connectivity index (χ1v) is 12.1. The summed E-state index contributed by atoms with van der Waals surface area (Å²) in [6, 6.07) is 18.9. The summed E-state index contributed by atoms with van der Waals surface area (Å²) >= 11 is 1.76. The van der Waals surface area contributed by atoms with E-state index in [4.69, 9.17) is 4.74 Å². The largest absolute Gasteiger partial charge is 0.489 e. The molecule has 0 amide bonds. The molecule has 1 aliphatic rings. The zero-order chi connectivity index (χ0) is 23.3. The highest BCUT2D eigenvalue weighted by molar-refractivity contribution is 7.17. The molecule has 2 aromatic heterocycles. The minimum Gasteiger partial charge on any atom is -0.489 e. The average molecular weight is 465 g/mol. The minimum atomic E-state index is 0.0802. The summed E-state index contributed by atoms with van der Waals surface area (Å²) in [5.41, 5.74) is 6.70. The number of ether oxygens (including phenoxy) is 1. The standard InChI is InChI=1S/C28H24N4OS/c1-3-5-22(15-23-16-30-32-31-23)21-8-10-24(11-9-21)33-17-20-7-12-28-26(14-20)27(18-34-28)25-6-4-13-29-19(25)2/h4,6-14,18,22H,15-17H2,1-2H3/t22-/m0/s1. The normalized spacial score (nSPS) is 13.4. The van der Waals surface area contributed by atoms with Gasteiger partial charge in [-0.1, -0.05) is 30.2 Å². The van der Waals surface area contributed by atoms with Crippen molar-refractivity contribution in [2.45, 2.75) is 32.8 Å². The smallest absolute Gasteiger partial charge is 0.119 e. The monoisotopic (exact) mass is 464 g/mol. The molecule has 0 saturated heterocycles. The van der Waals surface area contributed by atoms with Crippen LogP contribution in [0.5, 0.6) is 5.75 Å². The summed E-state index contributed by atoms with van der Waals surface area (Å²) in [6.07, 6.45) is 2.58. The van der Waals surface area contributed by atoms with Crippen molar-refractivity contribution in [3.8, 4) is 28.7 Å². The molecule has 1 aliphatic heterocycles. The van der Waals surface area contributed by atoms with E-state index in [1.807, 2.05) is 31.3 Å². The fourth-order valence-electron chi connectivity index (χ4n) is 4.11. The van der Waals surface area contributed by atoms with Gasteiger partial charge >= 0.3 is 0 Å². The topological polar surface area (TPSA) is 59.2 Å². The molecule has 1 atom stereocenters. The van der Waals surface area contributed by atoms with Crippen molar-refractivity contribution in [2.24, 2.45) is 15.4 Å². The van der Waals surface area contributed by atoms with Gasteiger partial charge in [0, 0.05) is 39.5 Å². The minimum absolute atomic E-state index is 0.0802. The van der Waals surface area contributed by atoms with Crippen molar-refractivity contribution in [2.75, 3.05) is 6.54 Å². The molecule has 0 spiro atoms. The fraction of sp³-hybridized carbons (Fsp3) is 0.214. The number of thiophene rings is 1. The molecule has 34 heavy (non-hydrogen) atoms. The second kappa shape index (κ2) is 9.98. The number of fused-ring (bicyclic) bond motifs is 1. The van der Waals surface area contributed by atoms with E-state index in [9.17, 15) is 0 Å². The molecule has 5 rings (SSSR count). The molecule has 4 aromatic rings. The lowest BCUT2D eigenvalue weighted by atomic mass is 9.94. The number of aromatic nitrogens is 1. The number of hydrogen-bond donors (Lipinski definition) is 0. The van der Waals surface area contributed by atoms with Crippen LogP contribution in [-0.4, -0.2) is 17.2 Å². The molecular weight excluding hydrogens is 440 g/mol. The maximum absolute atomic E-state index is 6.12. The van der Waals surface area contributed by atoms with Gasteiger partial charge in [-0.25, -0.2) is 0 Å². The summed E-state index contributed by atoms with van der Waals surface area (Å²) in [5, 5.41) is 15.2. The summed E-state index contributed by atoms with van der Waals surface area (Å²) in [4.78, 5) is 4.46. The molecule has 168 valence electrons. The average Bonchev–Trinajstić information content (AvgIpc) is 3.53. The van der Waals surface area contributed by atoms with E-state index in [1.165, 1.54) is 21.2 Å². The van der Waals surface area contributed by atoms with Gasteiger partial charge in [-0.3, -0.25) is 4.98 Å². The van der Waals surface area contributed by atoms with Gasteiger partial charge in [-0.2, -0.15) is 5.11 Å². The lowest BCUT2D eigenvalue weighted by Crippen LogP contribution is -2.07. The van der Waals surface area contributed by atoms with E-state index < -0.39 is 0 Å². The van der Waals surface area contributed by atoms with E-state index in [0.29, 0.717) is 13.2 Å². The molecule has 0 bridgehead atoms. The Labute approximate surface area is 203 Å². The van der Waals surface area contributed by atoms with Crippen molar-refractivity contribution < 1.29 is 4.74 Å². The van der Waals surface area contributed by atoms with Gasteiger partial charge in [-0.15, -0.1) is 22.4 Å². The third-order valence-corrected chi connectivity index (χ3v) is 6.85. The molecule has 0 saturated carbocycles. The molecule has 0 unspecified atom stereocenters. The Morgan fingerprint density at radius 1 is 1.09 bits per heavy atom. The van der Waals surface area contributed by atoms with Crippen LogP contribution in [0.4, 0.5) is 0 Å². The van der Waals surface area contributed by atoms with Crippen molar-refractivity contribution in [3.63, 3.8) is 0 Å². The Morgan fingerprint density at radius 2 is 1.97 bits per heavy atom. The zero-order valence-corrected chi connectivity index (χ0v) is 20.0. The number of aryl methyl sites for hydroxylation is 1. The lowest BCUT2D eigenvalue weighted by molar-refractivity contribution is 0.306. The van der Waals surface area contributed by atoms with E-state index >= 15 is 0 Å². The van der Waals surface area contributed by atoms with Crippen LogP contribution in [0.1, 0.15) is 36.1 Å². The molecule has 3 heterocycles. The highest BCUT2D eigenvalue weighted by atomic mass is 32.1. The maximum atomic E-state index is 6.12. The van der Waals surface area contributed by atoms with Crippen LogP contribution in [0.3, 0.4) is 0 Å². The molecule has 0 aliphatic carbocycles. The van der Waals surface area contributed by atoms with Crippen molar-refractivity contribution in [1.82, 2.24) is 4.98 Å². The zero-order valence-electron chi connectivity index (χ0n) is 19.2. The molecule has 6 heteroatoms. The maximum Gasteiger partial charge on any atom is 0.119 e. The fourth-order valence-corrected chi connectivity index (χ4v) is 5.05. The Hall–Kier alpha value is -3.82. The predicted octanol–water partition coefficient (Wildman–Crippen LogP) is 7.17. The summed E-state index contributed by atoms with van der Waals surface area (Å²) < 4.78 is 7.38. The Kier molecular flexibility index (Phi) is 6.46. The summed E-state index contributed by atoms with van der Waals surface area (Å²) in [7, 11) is 0. The van der Waals surface area contributed by atoms with Crippen LogP contribution in [-0.2, 0) is 6.61 Å². The number of nitrogens with zero attached hydrogens (tertiary/aromatic N) is 4. The van der Waals surface area contributed by atoms with E-state index in [1.54, 1.807) is 11.3 Å². The van der Waals surface area contributed by atoms with Crippen LogP contribution >= 0.6 is 11.3 Å². The third kappa shape index (κ3) is 4.75. The van der Waals surface area contributed by atoms with Crippen LogP contribution in [0.15, 0.2) is 81.6 Å². The van der Waals surface area contributed by atoms with Gasteiger partial charge in [-0.05, 0) is 65.9 Å². The van der Waals surface area contributed by atoms with E-state index in [-0.39, 0.29) is 5.92 Å². The van der Waals surface area contributed by atoms with Crippen molar-refractivity contribution in [1.29, 1.82) is 0 Å². The molecule has 0 fully saturated rings. The quantitative estimate of drug-likeness (QED) is 0.272. The Morgan fingerprint density at radius 3 is 2.74 bits per heavy atom. The second-order valence-corrected chi connectivity index (χ2v) is 9.09. The van der Waals surface area contributed by atoms with Gasteiger partial charge in [0.2, 0.25) is 0 Å². The molecule has 0 radical (unpaired) electrons. The molecule has 0 N–H and O–H groups in total. The van der Waals surface area contributed by atoms with Crippen molar-refractivity contribution in [3.05, 3.63) is 83.0 Å². The van der Waals surface area contributed by atoms with Crippen LogP contribution in [0, 0.1) is 18.8 Å². The highest BCUT2D eigenvalue weighted by Gasteiger charge is 2.15. The number of pyridine rings is 1. The van der Waals surface area contributed by atoms with Gasteiger partial charge in [0.05, 0.1) is 11.6 Å². The second-order valence-electron chi connectivity index (χ2n) is 8.18. The molecule has 5 nitrogen and oxygen atoms in total. The first kappa shape index (κ1) is 22.0. The van der Waals surface area contributed by atoms with Gasteiger partial charge in [0.25, 0.3) is 0 Å². The van der Waals surface area contributed by atoms with Gasteiger partial charge < -0.3 is 4.74 Å². The highest BCUT2D eigenvalue weighted by Crippen LogP contribution is 2.35. The Balaban J connectivity index is 1.30. The predicted molar refractivity (Wildman–Crippen MR) is 139 cm³/mol. The van der Waals surface area contributed by atoms with Crippen molar-refractivity contribution >= 4 is 27.1 Å². The lowest BCUT2D eigenvalue weighted by Gasteiger charge is -2.12. The van der Waals surface area contributed by atoms with E-state index in [0.717, 1.165) is 34.7 Å². The number of rotatable bonds is 7. The summed E-state index contributed by atoms with van der Waals surface area (Å²) in [5.74, 6) is 7.23. The SMILES string of the molecule is CC#C[C@@H](CC1=NN=NC1)c1ccc(OCc2ccc3scc(-c4cccnc4C)c3c2)cc1. The summed E-state index contributed by atoms with van der Waals surface area (Å²) in [6.45, 7) is 4.99. The van der Waals surface area contributed by atoms with Crippen LogP contribution < -0.4 is 4.74 Å². The number of benzene rings is 2. The molecular formula is C28H24N4OS. The number of hydrogen-bond acceptors (Lipinski definition) is 6. The van der Waals surface area contributed by atoms with Gasteiger partial charge in [0.1, 0.15) is 18.9 Å². The van der Waals surface area contributed by atoms with Crippen LogP contribution in [0.25, 0.3) is 21.2 Å². The van der Waals surface area contributed by atoms with Crippen LogP contribution in [0.2, 0.25) is 0 Å². The Bertz CT molecular complexity index is 1440. The third-order valence-electron chi connectivity index (χ3n) is 5.88. The first-order valence-electron chi connectivity index (χ1n) is 11.2. The first-order chi connectivity index (χ1) is 16.7.